The quantitative estimate of drug-likeness (QED) is 0.530. The summed E-state index contributed by atoms with van der Waals surface area (Å²) in [5.74, 6) is -1.65. The van der Waals surface area contributed by atoms with Gasteiger partial charge in [-0.25, -0.2) is 4.79 Å². The van der Waals surface area contributed by atoms with Crippen LogP contribution < -0.4 is 5.32 Å². The van der Waals surface area contributed by atoms with Crippen LogP contribution in [0.3, 0.4) is 0 Å². The molecule has 1 heterocycles. The minimum atomic E-state index is -0.625. The Bertz CT molecular complexity index is 364. The first kappa shape index (κ1) is 15.1. The standard InChI is InChI=1S/C12H18N2O5/c1-2-13-9(15)5-3-4-6-12(18)19-14-10(16)7-8-11(14)17/h2-8H2,1H3,(H,13,15). The van der Waals surface area contributed by atoms with E-state index in [0.29, 0.717) is 30.9 Å². The maximum atomic E-state index is 11.4. The topological polar surface area (TPSA) is 92.8 Å². The van der Waals surface area contributed by atoms with Crippen molar-refractivity contribution in [2.24, 2.45) is 0 Å². The minimum absolute atomic E-state index is 0.0548. The highest BCUT2D eigenvalue weighted by Crippen LogP contribution is 2.13. The van der Waals surface area contributed by atoms with Gasteiger partial charge >= 0.3 is 5.97 Å². The third-order valence-electron chi connectivity index (χ3n) is 2.61. The zero-order chi connectivity index (χ0) is 14.3. The van der Waals surface area contributed by atoms with Crippen molar-refractivity contribution >= 4 is 23.7 Å². The Morgan fingerprint density at radius 1 is 1.16 bits per heavy atom. The highest BCUT2D eigenvalue weighted by atomic mass is 16.7. The van der Waals surface area contributed by atoms with Crippen molar-refractivity contribution in [1.29, 1.82) is 0 Å². The maximum absolute atomic E-state index is 11.4. The molecule has 106 valence electrons. The molecule has 0 spiro atoms. The largest absolute Gasteiger partial charge is 0.356 e. The van der Waals surface area contributed by atoms with Gasteiger partial charge in [0, 0.05) is 32.2 Å². The normalized spacial score (nSPS) is 14.7. The zero-order valence-electron chi connectivity index (χ0n) is 10.9. The molecule has 3 amide bonds. The lowest BCUT2D eigenvalue weighted by Gasteiger charge is -2.12. The molecule has 0 saturated carbocycles. The van der Waals surface area contributed by atoms with Gasteiger partial charge in [-0.15, -0.1) is 5.06 Å². The zero-order valence-corrected chi connectivity index (χ0v) is 10.9. The third kappa shape index (κ3) is 5.07. The van der Waals surface area contributed by atoms with E-state index in [-0.39, 0.29) is 25.2 Å². The molecule has 1 fully saturated rings. The van der Waals surface area contributed by atoms with Gasteiger partial charge in [0.1, 0.15) is 0 Å². The van der Waals surface area contributed by atoms with Crippen molar-refractivity contribution in [2.45, 2.75) is 45.4 Å². The van der Waals surface area contributed by atoms with Crippen LogP contribution in [0.15, 0.2) is 0 Å². The van der Waals surface area contributed by atoms with Gasteiger partial charge < -0.3 is 10.2 Å². The number of rotatable bonds is 7. The lowest BCUT2D eigenvalue weighted by atomic mass is 10.2. The van der Waals surface area contributed by atoms with Gasteiger partial charge in [0.2, 0.25) is 5.91 Å². The van der Waals surface area contributed by atoms with E-state index in [0.717, 1.165) is 0 Å². The van der Waals surface area contributed by atoms with Gasteiger partial charge in [-0.1, -0.05) is 0 Å². The van der Waals surface area contributed by atoms with Gasteiger partial charge in [0.05, 0.1) is 0 Å². The van der Waals surface area contributed by atoms with E-state index in [1.165, 1.54) is 0 Å². The third-order valence-corrected chi connectivity index (χ3v) is 2.61. The predicted octanol–water partition coefficient (Wildman–Crippen LogP) is 0.290. The van der Waals surface area contributed by atoms with Crippen molar-refractivity contribution in [2.75, 3.05) is 6.54 Å². The summed E-state index contributed by atoms with van der Waals surface area (Å²) in [5, 5.41) is 3.19. The van der Waals surface area contributed by atoms with Crippen LogP contribution in [-0.2, 0) is 24.0 Å². The molecule has 0 aromatic heterocycles. The number of hydroxylamine groups is 2. The number of nitrogens with one attached hydrogen (secondary N) is 1. The number of unbranched alkanes of at least 4 members (excludes halogenated alkanes) is 1. The molecule has 0 atom stereocenters. The minimum Gasteiger partial charge on any atom is -0.356 e. The molecular formula is C12H18N2O5. The van der Waals surface area contributed by atoms with Gasteiger partial charge in [-0.2, -0.15) is 0 Å². The summed E-state index contributed by atoms with van der Waals surface area (Å²) in [6.45, 7) is 2.42. The second-order valence-electron chi connectivity index (χ2n) is 4.21. The summed E-state index contributed by atoms with van der Waals surface area (Å²) < 4.78 is 0. The van der Waals surface area contributed by atoms with Gasteiger partial charge in [0.15, 0.2) is 0 Å². The van der Waals surface area contributed by atoms with Crippen LogP contribution in [0.2, 0.25) is 0 Å². The molecule has 19 heavy (non-hydrogen) atoms. The van der Waals surface area contributed by atoms with Crippen LogP contribution in [-0.4, -0.2) is 35.3 Å². The second kappa shape index (κ2) is 7.50. The number of carbonyl (C=O) groups excluding carboxylic acids is 4. The molecule has 1 saturated heterocycles. The van der Waals surface area contributed by atoms with Gasteiger partial charge in [-0.05, 0) is 19.8 Å². The van der Waals surface area contributed by atoms with Crippen LogP contribution in [0, 0.1) is 0 Å². The van der Waals surface area contributed by atoms with E-state index in [9.17, 15) is 19.2 Å². The average Bonchev–Trinajstić information content (AvgIpc) is 2.67. The van der Waals surface area contributed by atoms with E-state index in [1.54, 1.807) is 0 Å². The summed E-state index contributed by atoms with van der Waals surface area (Å²) in [5.41, 5.74) is 0. The Kier molecular flexibility index (Phi) is 5.98. The molecule has 1 aliphatic heterocycles. The molecule has 7 heteroatoms. The first-order valence-electron chi connectivity index (χ1n) is 6.38. The molecule has 0 bridgehead atoms. The van der Waals surface area contributed by atoms with Gasteiger partial charge in [-0.3, -0.25) is 14.4 Å². The number of imide groups is 1. The molecule has 0 aromatic rings. The molecule has 7 nitrogen and oxygen atoms in total. The fourth-order valence-electron chi connectivity index (χ4n) is 1.65. The molecule has 0 unspecified atom stereocenters. The van der Waals surface area contributed by atoms with E-state index in [4.69, 9.17) is 0 Å². The lowest BCUT2D eigenvalue weighted by molar-refractivity contribution is -0.197. The summed E-state index contributed by atoms with van der Waals surface area (Å²) in [4.78, 5) is 49.6. The fourth-order valence-corrected chi connectivity index (χ4v) is 1.65. The predicted molar refractivity (Wildman–Crippen MR) is 64.3 cm³/mol. The molecule has 1 N–H and O–H groups in total. The SMILES string of the molecule is CCNC(=O)CCCCC(=O)ON1C(=O)CCC1=O. The first-order chi connectivity index (χ1) is 9.04. The Morgan fingerprint density at radius 3 is 2.32 bits per heavy atom. The molecule has 1 aliphatic rings. The number of amides is 3. The number of nitrogens with zero attached hydrogens (tertiary/aromatic N) is 1. The molecular weight excluding hydrogens is 252 g/mol. The smallest absolute Gasteiger partial charge is 0.333 e. The van der Waals surface area contributed by atoms with Crippen molar-refractivity contribution in [3.05, 3.63) is 0 Å². The Hall–Kier alpha value is -1.92. The van der Waals surface area contributed by atoms with Crippen molar-refractivity contribution in [3.63, 3.8) is 0 Å². The second-order valence-corrected chi connectivity index (χ2v) is 4.21. The van der Waals surface area contributed by atoms with Crippen LogP contribution in [0.1, 0.15) is 45.4 Å². The van der Waals surface area contributed by atoms with E-state index in [2.05, 4.69) is 10.2 Å². The summed E-state index contributed by atoms with van der Waals surface area (Å²) in [6.07, 6.45) is 1.64. The Morgan fingerprint density at radius 2 is 1.74 bits per heavy atom. The highest BCUT2D eigenvalue weighted by Gasteiger charge is 2.32. The molecule has 1 rings (SSSR count). The Balaban J connectivity index is 2.16. The number of hydrogen-bond acceptors (Lipinski definition) is 5. The average molecular weight is 270 g/mol. The first-order valence-corrected chi connectivity index (χ1v) is 6.38. The van der Waals surface area contributed by atoms with E-state index in [1.807, 2.05) is 6.92 Å². The lowest BCUT2D eigenvalue weighted by Crippen LogP contribution is -2.32. The maximum Gasteiger partial charge on any atom is 0.333 e. The number of hydrogen-bond donors (Lipinski definition) is 1. The number of carbonyl (C=O) groups is 4. The fraction of sp³-hybridized carbons (Fsp3) is 0.667. The van der Waals surface area contributed by atoms with Crippen molar-refractivity contribution in [1.82, 2.24) is 10.4 Å². The molecule has 0 aliphatic carbocycles. The van der Waals surface area contributed by atoms with E-state index >= 15 is 0 Å². The van der Waals surface area contributed by atoms with Gasteiger partial charge in [0.25, 0.3) is 11.8 Å². The van der Waals surface area contributed by atoms with Crippen molar-refractivity contribution < 1.29 is 24.0 Å². The summed E-state index contributed by atoms with van der Waals surface area (Å²) in [7, 11) is 0. The molecule has 0 aromatic carbocycles. The van der Waals surface area contributed by atoms with Crippen LogP contribution in [0.4, 0.5) is 0 Å². The molecule has 0 radical (unpaired) electrons. The highest BCUT2D eigenvalue weighted by molar-refractivity contribution is 6.01. The van der Waals surface area contributed by atoms with Crippen molar-refractivity contribution in [3.8, 4) is 0 Å². The van der Waals surface area contributed by atoms with Crippen LogP contribution >= 0.6 is 0 Å². The summed E-state index contributed by atoms with van der Waals surface area (Å²) in [6, 6.07) is 0. The Labute approximate surface area is 111 Å². The van der Waals surface area contributed by atoms with Crippen LogP contribution in [0.25, 0.3) is 0 Å². The monoisotopic (exact) mass is 270 g/mol. The van der Waals surface area contributed by atoms with Crippen LogP contribution in [0.5, 0.6) is 0 Å². The van der Waals surface area contributed by atoms with E-state index < -0.39 is 17.8 Å². The summed E-state index contributed by atoms with van der Waals surface area (Å²) >= 11 is 0.